The van der Waals surface area contributed by atoms with Crippen molar-refractivity contribution < 1.29 is 28.4 Å². The van der Waals surface area contributed by atoms with Crippen molar-refractivity contribution >= 4 is 28.8 Å². The number of amides is 3. The summed E-state index contributed by atoms with van der Waals surface area (Å²) in [6, 6.07) is 11.3. The predicted molar refractivity (Wildman–Crippen MR) is 144 cm³/mol. The molecule has 0 unspecified atom stereocenters. The molecule has 11 heteroatoms. The fourth-order valence-corrected chi connectivity index (χ4v) is 5.91. The number of benzene rings is 1. The summed E-state index contributed by atoms with van der Waals surface area (Å²) in [7, 11) is 0. The van der Waals surface area contributed by atoms with Crippen LogP contribution in [-0.2, 0) is 14.3 Å². The summed E-state index contributed by atoms with van der Waals surface area (Å²) in [4.78, 5) is 48.0. The van der Waals surface area contributed by atoms with Gasteiger partial charge in [0.25, 0.3) is 5.91 Å². The molecule has 210 valence electrons. The Balaban J connectivity index is 1.22. The maximum absolute atomic E-state index is 13.5. The molecule has 5 heterocycles. The van der Waals surface area contributed by atoms with Gasteiger partial charge in [-0.15, -0.1) is 0 Å². The van der Waals surface area contributed by atoms with Gasteiger partial charge in [-0.2, -0.15) is 0 Å². The number of carbonyl (C=O) groups is 3. The Labute approximate surface area is 231 Å². The van der Waals surface area contributed by atoms with Gasteiger partial charge in [-0.3, -0.25) is 14.4 Å². The van der Waals surface area contributed by atoms with Gasteiger partial charge in [-0.05, 0) is 49.1 Å². The highest BCUT2D eigenvalue weighted by molar-refractivity contribution is 6.02. The van der Waals surface area contributed by atoms with Crippen LogP contribution in [0.2, 0.25) is 0 Å². The first-order valence-electron chi connectivity index (χ1n) is 13.9. The van der Waals surface area contributed by atoms with Crippen molar-refractivity contribution in [1.29, 1.82) is 0 Å². The highest BCUT2D eigenvalue weighted by atomic mass is 16.5. The van der Waals surface area contributed by atoms with Crippen LogP contribution in [0, 0.1) is 11.8 Å². The van der Waals surface area contributed by atoms with Crippen molar-refractivity contribution in [2.75, 3.05) is 52.5 Å². The molecule has 6 rings (SSSR count). The summed E-state index contributed by atoms with van der Waals surface area (Å²) < 4.78 is 16.8. The predicted octanol–water partition coefficient (Wildman–Crippen LogP) is 2.23. The Morgan fingerprint density at radius 1 is 0.975 bits per heavy atom. The number of pyridine rings is 1. The van der Waals surface area contributed by atoms with Gasteiger partial charge in [0.2, 0.25) is 23.2 Å². The minimum absolute atomic E-state index is 0.0677. The summed E-state index contributed by atoms with van der Waals surface area (Å²) in [6.45, 7) is 3.41. The van der Waals surface area contributed by atoms with E-state index < -0.39 is 5.92 Å². The fraction of sp³-hybridized carbons (Fsp3) is 0.483. The Morgan fingerprint density at radius 3 is 2.70 bits per heavy atom. The Morgan fingerprint density at radius 2 is 1.82 bits per heavy atom. The second kappa shape index (κ2) is 11.6. The van der Waals surface area contributed by atoms with Gasteiger partial charge in [-0.25, -0.2) is 4.98 Å². The third-order valence-corrected chi connectivity index (χ3v) is 8.08. The van der Waals surface area contributed by atoms with Gasteiger partial charge >= 0.3 is 0 Å². The molecular weight excluding hydrogens is 514 g/mol. The van der Waals surface area contributed by atoms with E-state index in [0.717, 1.165) is 5.56 Å². The van der Waals surface area contributed by atoms with Gasteiger partial charge in [0, 0.05) is 64.0 Å². The smallest absolute Gasteiger partial charge is 0.293 e. The summed E-state index contributed by atoms with van der Waals surface area (Å²) >= 11 is 0. The molecule has 1 aromatic carbocycles. The quantitative estimate of drug-likeness (QED) is 0.518. The number of fused-ring (bicyclic) bond motifs is 5. The zero-order chi connectivity index (χ0) is 27.5. The lowest BCUT2D eigenvalue weighted by Gasteiger charge is -2.26. The van der Waals surface area contributed by atoms with Gasteiger partial charge in [0.15, 0.2) is 0 Å². The monoisotopic (exact) mass is 547 g/mol. The van der Waals surface area contributed by atoms with Crippen LogP contribution in [0.15, 0.2) is 47.1 Å². The SMILES string of the molecule is O=C1NCCN(C(=O)c2onc3ncccc23)CCCOc2cccc(c2)[C@H]2CN(C(=O)C3CCOCC3)C[C@H]12. The number of ether oxygens (including phenoxy) is 2. The Hall–Kier alpha value is -3.99. The van der Waals surface area contributed by atoms with Crippen molar-refractivity contribution in [3.8, 4) is 5.75 Å². The molecule has 11 nitrogen and oxygen atoms in total. The Kier molecular flexibility index (Phi) is 7.63. The molecule has 2 aromatic heterocycles. The molecule has 3 aromatic rings. The summed E-state index contributed by atoms with van der Waals surface area (Å²) in [5, 5.41) is 7.50. The van der Waals surface area contributed by atoms with Crippen LogP contribution in [0.3, 0.4) is 0 Å². The highest BCUT2D eigenvalue weighted by Crippen LogP contribution is 2.36. The van der Waals surface area contributed by atoms with Gasteiger partial charge in [-0.1, -0.05) is 17.3 Å². The van der Waals surface area contributed by atoms with E-state index in [4.69, 9.17) is 14.0 Å². The van der Waals surface area contributed by atoms with E-state index in [1.807, 2.05) is 29.2 Å². The Bertz CT molecular complexity index is 1390. The van der Waals surface area contributed by atoms with Crippen molar-refractivity contribution in [2.24, 2.45) is 11.8 Å². The third-order valence-electron chi connectivity index (χ3n) is 8.08. The average Bonchev–Trinajstić information content (AvgIpc) is 3.63. The van der Waals surface area contributed by atoms with E-state index in [2.05, 4.69) is 15.5 Å². The molecule has 3 aliphatic heterocycles. The van der Waals surface area contributed by atoms with E-state index in [-0.39, 0.29) is 41.9 Å². The minimum Gasteiger partial charge on any atom is -0.494 e. The van der Waals surface area contributed by atoms with E-state index >= 15 is 0 Å². The number of hydrogen-bond acceptors (Lipinski definition) is 8. The average molecular weight is 548 g/mol. The second-order valence-electron chi connectivity index (χ2n) is 10.6. The van der Waals surface area contributed by atoms with Crippen LogP contribution in [-0.4, -0.2) is 90.2 Å². The van der Waals surface area contributed by atoms with Crippen LogP contribution in [0.4, 0.5) is 0 Å². The van der Waals surface area contributed by atoms with Crippen molar-refractivity contribution in [2.45, 2.75) is 25.2 Å². The molecule has 1 N–H and O–H groups in total. The summed E-state index contributed by atoms with van der Waals surface area (Å²) in [6.07, 6.45) is 3.60. The van der Waals surface area contributed by atoms with E-state index in [1.165, 1.54) is 0 Å². The zero-order valence-electron chi connectivity index (χ0n) is 22.3. The number of rotatable bonds is 2. The minimum atomic E-state index is -0.407. The van der Waals surface area contributed by atoms with E-state index in [1.54, 1.807) is 23.2 Å². The maximum Gasteiger partial charge on any atom is 0.293 e. The molecule has 40 heavy (non-hydrogen) atoms. The summed E-state index contributed by atoms with van der Waals surface area (Å²) in [5.41, 5.74) is 1.36. The van der Waals surface area contributed by atoms with Gasteiger partial charge in [0.1, 0.15) is 5.75 Å². The number of aromatic nitrogens is 2. The number of hydrogen-bond donors (Lipinski definition) is 1. The molecule has 2 saturated heterocycles. The van der Waals surface area contributed by atoms with Crippen molar-refractivity contribution in [3.05, 3.63) is 53.9 Å². The molecule has 3 amide bonds. The topological polar surface area (TPSA) is 127 Å². The number of likely N-dealkylation sites (tertiary alicyclic amines) is 1. The zero-order valence-corrected chi connectivity index (χ0v) is 22.3. The highest BCUT2D eigenvalue weighted by Gasteiger charge is 2.42. The van der Waals surface area contributed by atoms with E-state index in [0.29, 0.717) is 82.0 Å². The molecule has 2 atom stereocenters. The van der Waals surface area contributed by atoms with Crippen LogP contribution < -0.4 is 10.1 Å². The lowest BCUT2D eigenvalue weighted by molar-refractivity contribution is -0.137. The van der Waals surface area contributed by atoms with Crippen LogP contribution in [0.5, 0.6) is 5.75 Å². The maximum atomic E-state index is 13.5. The van der Waals surface area contributed by atoms with Crippen LogP contribution >= 0.6 is 0 Å². The fourth-order valence-electron chi connectivity index (χ4n) is 5.91. The summed E-state index contributed by atoms with van der Waals surface area (Å²) in [5.74, 6) is -0.142. The first kappa shape index (κ1) is 26.2. The lowest BCUT2D eigenvalue weighted by atomic mass is 9.88. The van der Waals surface area contributed by atoms with Gasteiger partial charge < -0.3 is 29.1 Å². The van der Waals surface area contributed by atoms with E-state index in [9.17, 15) is 14.4 Å². The van der Waals surface area contributed by atoms with Crippen LogP contribution in [0.25, 0.3) is 11.0 Å². The normalized spacial score (nSPS) is 22.8. The van der Waals surface area contributed by atoms with Crippen LogP contribution in [0.1, 0.15) is 41.3 Å². The lowest BCUT2D eigenvalue weighted by Crippen LogP contribution is -2.42. The first-order chi connectivity index (χ1) is 19.6. The largest absolute Gasteiger partial charge is 0.494 e. The molecule has 2 bridgehead atoms. The molecule has 0 aliphatic carbocycles. The van der Waals surface area contributed by atoms with Gasteiger partial charge in [0.05, 0.1) is 17.9 Å². The molecule has 0 saturated carbocycles. The first-order valence-corrected chi connectivity index (χ1v) is 13.9. The molecule has 0 spiro atoms. The van der Waals surface area contributed by atoms with Crippen molar-refractivity contribution in [1.82, 2.24) is 25.3 Å². The third kappa shape index (κ3) is 5.38. The number of nitrogens with zero attached hydrogens (tertiary/aromatic N) is 4. The number of carbonyl (C=O) groups excluding carboxylic acids is 3. The second-order valence-corrected chi connectivity index (χ2v) is 10.6. The van der Waals surface area contributed by atoms with Crippen molar-refractivity contribution in [3.63, 3.8) is 0 Å². The molecule has 2 fully saturated rings. The number of nitrogens with one attached hydrogen (secondary N) is 1. The molecule has 0 radical (unpaired) electrons. The standard InChI is InChI=1S/C29H33N5O6/c35-27-24-18-34(28(36)19-7-14-38-15-8-19)17-23(24)20-4-1-5-21(16-20)39-13-3-11-33(12-10-31-27)29(37)25-22-6-2-9-30-26(22)32-40-25/h1-2,4-6,9,16,19,23-24H,3,7-8,10-15,17-18H2,(H,31,35)/t23-,24+/m1/s1. The molecule has 3 aliphatic rings. The molecular formula is C29H33N5O6.